The van der Waals surface area contributed by atoms with Crippen molar-refractivity contribution in [1.82, 2.24) is 9.97 Å². The van der Waals surface area contributed by atoms with Gasteiger partial charge < -0.3 is 25.8 Å². The average molecular weight is 351 g/mol. The van der Waals surface area contributed by atoms with Gasteiger partial charge in [-0.1, -0.05) is 12.1 Å². The Morgan fingerprint density at radius 2 is 1.65 bits per heavy atom. The van der Waals surface area contributed by atoms with Gasteiger partial charge in [-0.3, -0.25) is 0 Å². The van der Waals surface area contributed by atoms with Crippen LogP contribution in [-0.4, -0.2) is 23.7 Å². The number of para-hydroxylation sites is 2. The minimum Gasteiger partial charge on any atom is -0.497 e. The molecule has 0 saturated heterocycles. The third kappa shape index (κ3) is 3.94. The second kappa shape index (κ2) is 8.06. The van der Waals surface area contributed by atoms with E-state index in [1.807, 2.05) is 55.5 Å². The molecule has 4 N–H and O–H groups in total. The van der Waals surface area contributed by atoms with Crippen LogP contribution in [0, 0.1) is 0 Å². The maximum atomic E-state index is 6.24. The molecule has 3 aromatic rings. The van der Waals surface area contributed by atoms with E-state index in [1.54, 1.807) is 7.11 Å². The third-order valence-electron chi connectivity index (χ3n) is 3.68. The Morgan fingerprint density at radius 3 is 2.35 bits per heavy atom. The first kappa shape index (κ1) is 17.3. The lowest BCUT2D eigenvalue weighted by Crippen LogP contribution is -2.06. The Morgan fingerprint density at radius 1 is 0.962 bits per heavy atom. The highest BCUT2D eigenvalue weighted by Crippen LogP contribution is 2.32. The number of methoxy groups -OCH3 is 1. The predicted molar refractivity (Wildman–Crippen MR) is 104 cm³/mol. The topological polar surface area (TPSA) is 94.3 Å². The molecule has 7 heteroatoms. The molecule has 3 rings (SSSR count). The van der Waals surface area contributed by atoms with E-state index in [2.05, 4.69) is 20.6 Å². The van der Waals surface area contributed by atoms with Gasteiger partial charge in [0.1, 0.15) is 23.5 Å². The molecule has 0 saturated carbocycles. The van der Waals surface area contributed by atoms with Crippen molar-refractivity contribution in [3.63, 3.8) is 0 Å². The lowest BCUT2D eigenvalue weighted by Gasteiger charge is -2.15. The van der Waals surface area contributed by atoms with Crippen LogP contribution in [0.3, 0.4) is 0 Å². The number of aromatic nitrogens is 2. The van der Waals surface area contributed by atoms with Crippen molar-refractivity contribution in [2.45, 2.75) is 6.92 Å². The molecule has 0 aliphatic rings. The minimum absolute atomic E-state index is 0.412. The van der Waals surface area contributed by atoms with Gasteiger partial charge in [0.2, 0.25) is 0 Å². The molecule has 26 heavy (non-hydrogen) atoms. The Hall–Kier alpha value is -3.48. The fourth-order valence-electron chi connectivity index (χ4n) is 2.38. The standard InChI is InChI=1S/C19H21N5O2/c1-3-26-16-7-5-4-6-15(16)24-19-17(20)18(21-12-22-19)23-13-8-10-14(25-2)11-9-13/h4-12H,3,20H2,1-2H3,(H2,21,22,23,24). The molecule has 2 aromatic carbocycles. The number of ether oxygens (including phenoxy) is 2. The summed E-state index contributed by atoms with van der Waals surface area (Å²) in [5, 5.41) is 6.40. The summed E-state index contributed by atoms with van der Waals surface area (Å²) in [6, 6.07) is 15.1. The normalized spacial score (nSPS) is 10.2. The van der Waals surface area contributed by atoms with E-state index in [4.69, 9.17) is 15.2 Å². The number of rotatable bonds is 7. The van der Waals surface area contributed by atoms with Crippen molar-refractivity contribution in [1.29, 1.82) is 0 Å². The second-order valence-electron chi connectivity index (χ2n) is 5.39. The van der Waals surface area contributed by atoms with Crippen LogP contribution >= 0.6 is 0 Å². The molecule has 0 aliphatic heterocycles. The highest BCUT2D eigenvalue weighted by Gasteiger charge is 2.11. The van der Waals surface area contributed by atoms with E-state index in [0.717, 1.165) is 22.9 Å². The Balaban J connectivity index is 1.83. The molecule has 0 unspecified atom stereocenters. The van der Waals surface area contributed by atoms with Crippen LogP contribution in [0.5, 0.6) is 11.5 Å². The monoisotopic (exact) mass is 351 g/mol. The lowest BCUT2D eigenvalue weighted by molar-refractivity contribution is 0.342. The summed E-state index contributed by atoms with van der Waals surface area (Å²) in [6.45, 7) is 2.51. The van der Waals surface area contributed by atoms with Crippen LogP contribution in [0.2, 0.25) is 0 Å². The number of benzene rings is 2. The fourth-order valence-corrected chi connectivity index (χ4v) is 2.38. The highest BCUT2D eigenvalue weighted by atomic mass is 16.5. The van der Waals surface area contributed by atoms with Gasteiger partial charge in [0.15, 0.2) is 11.6 Å². The van der Waals surface area contributed by atoms with Crippen molar-refractivity contribution in [2.75, 3.05) is 30.1 Å². The van der Waals surface area contributed by atoms with Crippen molar-refractivity contribution in [3.05, 3.63) is 54.9 Å². The summed E-state index contributed by atoms with van der Waals surface area (Å²) in [5.41, 5.74) is 8.29. The first-order valence-corrected chi connectivity index (χ1v) is 8.21. The van der Waals surface area contributed by atoms with E-state index in [9.17, 15) is 0 Å². The van der Waals surface area contributed by atoms with E-state index >= 15 is 0 Å². The van der Waals surface area contributed by atoms with Crippen LogP contribution < -0.4 is 25.8 Å². The molecular formula is C19H21N5O2. The van der Waals surface area contributed by atoms with Crippen LogP contribution in [0.25, 0.3) is 0 Å². The summed E-state index contributed by atoms with van der Waals surface area (Å²) < 4.78 is 10.8. The molecular weight excluding hydrogens is 330 g/mol. The smallest absolute Gasteiger partial charge is 0.159 e. The van der Waals surface area contributed by atoms with Crippen molar-refractivity contribution in [2.24, 2.45) is 0 Å². The SMILES string of the molecule is CCOc1ccccc1Nc1ncnc(Nc2ccc(OC)cc2)c1N. The predicted octanol–water partition coefficient (Wildman–Crippen LogP) is 3.95. The lowest BCUT2D eigenvalue weighted by atomic mass is 10.2. The molecule has 0 fully saturated rings. The van der Waals surface area contributed by atoms with Crippen LogP contribution in [0.15, 0.2) is 54.9 Å². The van der Waals surface area contributed by atoms with Gasteiger partial charge in [-0.05, 0) is 43.3 Å². The summed E-state index contributed by atoms with van der Waals surface area (Å²) >= 11 is 0. The summed E-state index contributed by atoms with van der Waals surface area (Å²) in [5.74, 6) is 2.53. The minimum atomic E-state index is 0.412. The van der Waals surface area contributed by atoms with Gasteiger partial charge in [0.05, 0.1) is 19.4 Å². The molecule has 1 aromatic heterocycles. The van der Waals surface area contributed by atoms with Crippen molar-refractivity contribution in [3.8, 4) is 11.5 Å². The Bertz CT molecular complexity index is 868. The summed E-state index contributed by atoms with van der Waals surface area (Å²) in [6.07, 6.45) is 1.45. The van der Waals surface area contributed by atoms with Crippen LogP contribution in [0.1, 0.15) is 6.92 Å². The third-order valence-corrected chi connectivity index (χ3v) is 3.68. The van der Waals surface area contributed by atoms with Gasteiger partial charge in [-0.15, -0.1) is 0 Å². The highest BCUT2D eigenvalue weighted by molar-refractivity contribution is 5.81. The molecule has 7 nitrogen and oxygen atoms in total. The second-order valence-corrected chi connectivity index (χ2v) is 5.39. The van der Waals surface area contributed by atoms with E-state index in [1.165, 1.54) is 6.33 Å². The van der Waals surface area contributed by atoms with Gasteiger partial charge in [0, 0.05) is 5.69 Å². The van der Waals surface area contributed by atoms with Gasteiger partial charge >= 0.3 is 0 Å². The number of nitrogens with zero attached hydrogens (tertiary/aromatic N) is 2. The maximum Gasteiger partial charge on any atom is 0.159 e. The van der Waals surface area contributed by atoms with E-state index in [-0.39, 0.29) is 0 Å². The molecule has 0 amide bonds. The molecule has 0 aliphatic carbocycles. The number of hydrogen-bond acceptors (Lipinski definition) is 7. The fraction of sp³-hybridized carbons (Fsp3) is 0.158. The first-order valence-electron chi connectivity index (χ1n) is 8.21. The number of anilines is 5. The summed E-state index contributed by atoms with van der Waals surface area (Å²) in [7, 11) is 1.63. The molecule has 0 atom stereocenters. The van der Waals surface area contributed by atoms with E-state index < -0.39 is 0 Å². The zero-order valence-corrected chi connectivity index (χ0v) is 14.7. The molecule has 0 bridgehead atoms. The molecule has 0 spiro atoms. The molecule has 134 valence electrons. The van der Waals surface area contributed by atoms with Gasteiger partial charge in [-0.25, -0.2) is 9.97 Å². The van der Waals surface area contributed by atoms with Crippen LogP contribution in [0.4, 0.5) is 28.7 Å². The Kier molecular flexibility index (Phi) is 5.38. The number of nitrogens with two attached hydrogens (primary N) is 1. The maximum absolute atomic E-state index is 6.24. The largest absolute Gasteiger partial charge is 0.497 e. The van der Waals surface area contributed by atoms with Gasteiger partial charge in [0.25, 0.3) is 0 Å². The zero-order chi connectivity index (χ0) is 18.4. The van der Waals surface area contributed by atoms with Gasteiger partial charge in [-0.2, -0.15) is 0 Å². The van der Waals surface area contributed by atoms with Crippen molar-refractivity contribution >= 4 is 28.7 Å². The average Bonchev–Trinajstić information content (AvgIpc) is 2.67. The molecule has 0 radical (unpaired) electrons. The number of hydrogen-bond donors (Lipinski definition) is 3. The van der Waals surface area contributed by atoms with Crippen molar-refractivity contribution < 1.29 is 9.47 Å². The Labute approximate surface area is 152 Å². The number of nitrogens with one attached hydrogen (secondary N) is 2. The number of nitrogen functional groups attached to an aromatic ring is 1. The van der Waals surface area contributed by atoms with E-state index in [0.29, 0.717) is 23.9 Å². The first-order chi connectivity index (χ1) is 12.7. The van der Waals surface area contributed by atoms with Crippen LogP contribution in [-0.2, 0) is 0 Å². The molecule has 1 heterocycles. The zero-order valence-electron chi connectivity index (χ0n) is 14.7. The summed E-state index contributed by atoms with van der Waals surface area (Å²) in [4.78, 5) is 8.47. The quantitative estimate of drug-likeness (QED) is 0.593.